The van der Waals surface area contributed by atoms with E-state index in [1.54, 1.807) is 6.21 Å². The molecule has 1 fully saturated rings. The van der Waals surface area contributed by atoms with Gasteiger partial charge in [0.2, 0.25) is 17.8 Å². The monoisotopic (exact) mass is 473 g/mol. The summed E-state index contributed by atoms with van der Waals surface area (Å²) >= 11 is 6.08. The molecule has 2 aromatic heterocycles. The van der Waals surface area contributed by atoms with Crippen molar-refractivity contribution < 1.29 is 4.42 Å². The van der Waals surface area contributed by atoms with Crippen molar-refractivity contribution in [2.75, 3.05) is 28.7 Å². The fraction of sp³-hybridized carbons (Fsp3) is 0.200. The maximum Gasteiger partial charge on any atom is 0.250 e. The predicted molar refractivity (Wildman–Crippen MR) is 136 cm³/mol. The zero-order valence-corrected chi connectivity index (χ0v) is 19.2. The Morgan fingerprint density at radius 1 is 0.882 bits per heavy atom. The van der Waals surface area contributed by atoms with Gasteiger partial charge < -0.3 is 14.6 Å². The average Bonchev–Trinajstić information content (AvgIpc) is 3.34. The van der Waals surface area contributed by atoms with Gasteiger partial charge in [0.05, 0.1) is 6.21 Å². The van der Waals surface area contributed by atoms with Crippen LogP contribution in [0.5, 0.6) is 0 Å². The first-order valence-electron chi connectivity index (χ1n) is 11.2. The quantitative estimate of drug-likeness (QED) is 0.252. The minimum Gasteiger partial charge on any atom is -0.455 e. The number of nitrogens with one attached hydrogen (secondary N) is 2. The Kier molecular flexibility index (Phi) is 6.67. The van der Waals surface area contributed by atoms with Crippen LogP contribution in [0.15, 0.2) is 76.2 Å². The van der Waals surface area contributed by atoms with Crippen molar-refractivity contribution in [1.29, 1.82) is 0 Å². The molecule has 9 heteroatoms. The number of benzene rings is 2. The van der Waals surface area contributed by atoms with Gasteiger partial charge in [0, 0.05) is 29.4 Å². The smallest absolute Gasteiger partial charge is 0.250 e. The SMILES string of the molecule is Clc1cccc(-c2ccc(/C=N\Nc3nc(Nc4ccccc4)nc(N4CCCCC4)n3)o2)c1. The standard InChI is InChI=1S/C25H24ClN7O/c26-19-9-7-8-18(16-19)22-13-12-21(34-22)17-27-32-24-29-23(28-20-10-3-1-4-11-20)30-25(31-24)33-14-5-2-6-15-33/h1,3-4,7-13,16-17H,2,5-6,14-15H2,(H2,28,29,30,31,32)/b27-17-. The molecule has 0 spiro atoms. The van der Waals surface area contributed by atoms with Crippen LogP contribution in [-0.4, -0.2) is 34.3 Å². The third-order valence-corrected chi connectivity index (χ3v) is 5.62. The van der Waals surface area contributed by atoms with Crippen LogP contribution in [-0.2, 0) is 0 Å². The van der Waals surface area contributed by atoms with E-state index in [0.29, 0.717) is 34.4 Å². The topological polar surface area (TPSA) is 91.5 Å². The highest BCUT2D eigenvalue weighted by Crippen LogP contribution is 2.24. The van der Waals surface area contributed by atoms with E-state index in [4.69, 9.17) is 16.0 Å². The van der Waals surface area contributed by atoms with Crippen LogP contribution in [0, 0.1) is 0 Å². The van der Waals surface area contributed by atoms with Crippen molar-refractivity contribution in [3.63, 3.8) is 0 Å². The Bertz CT molecular complexity index is 1270. The summed E-state index contributed by atoms with van der Waals surface area (Å²) in [5, 5.41) is 8.18. The van der Waals surface area contributed by atoms with E-state index in [1.165, 1.54) is 6.42 Å². The number of piperidine rings is 1. The largest absolute Gasteiger partial charge is 0.455 e. The second-order valence-corrected chi connectivity index (χ2v) is 8.34. The Morgan fingerprint density at radius 2 is 1.71 bits per heavy atom. The molecule has 0 saturated carbocycles. The van der Waals surface area contributed by atoms with Crippen LogP contribution in [0.1, 0.15) is 25.0 Å². The summed E-state index contributed by atoms with van der Waals surface area (Å²) < 4.78 is 5.86. The van der Waals surface area contributed by atoms with Crippen LogP contribution in [0.25, 0.3) is 11.3 Å². The molecule has 2 aromatic carbocycles. The van der Waals surface area contributed by atoms with Gasteiger partial charge in [-0.05, 0) is 55.7 Å². The molecule has 8 nitrogen and oxygen atoms in total. The van der Waals surface area contributed by atoms with Crippen LogP contribution in [0.3, 0.4) is 0 Å². The number of halogens is 1. The summed E-state index contributed by atoms with van der Waals surface area (Å²) in [6, 6.07) is 21.0. The number of para-hydroxylation sites is 1. The molecule has 1 aliphatic heterocycles. The molecular formula is C25H24ClN7O. The maximum absolute atomic E-state index is 6.08. The predicted octanol–water partition coefficient (Wildman–Crippen LogP) is 5.96. The molecule has 1 saturated heterocycles. The van der Waals surface area contributed by atoms with Gasteiger partial charge in [-0.15, -0.1) is 0 Å². The Hall–Kier alpha value is -3.91. The number of rotatable bonds is 7. The summed E-state index contributed by atoms with van der Waals surface area (Å²) in [4.78, 5) is 15.9. The molecule has 0 bridgehead atoms. The first-order valence-corrected chi connectivity index (χ1v) is 11.6. The molecule has 172 valence electrons. The van der Waals surface area contributed by atoms with Crippen LogP contribution in [0.2, 0.25) is 5.02 Å². The first kappa shape index (κ1) is 21.9. The molecule has 4 aromatic rings. The molecule has 0 aliphatic carbocycles. The van der Waals surface area contributed by atoms with Crippen LogP contribution >= 0.6 is 11.6 Å². The summed E-state index contributed by atoms with van der Waals surface area (Å²) in [6.07, 6.45) is 5.07. The normalized spacial score (nSPS) is 13.9. The van der Waals surface area contributed by atoms with Gasteiger partial charge in [0.25, 0.3) is 0 Å². The van der Waals surface area contributed by atoms with Crippen molar-refractivity contribution in [2.45, 2.75) is 19.3 Å². The van der Waals surface area contributed by atoms with Gasteiger partial charge in [0.15, 0.2) is 0 Å². The van der Waals surface area contributed by atoms with E-state index in [9.17, 15) is 0 Å². The van der Waals surface area contributed by atoms with E-state index < -0.39 is 0 Å². The molecule has 0 atom stereocenters. The van der Waals surface area contributed by atoms with E-state index in [0.717, 1.165) is 37.2 Å². The Morgan fingerprint density at radius 3 is 2.53 bits per heavy atom. The van der Waals surface area contributed by atoms with Gasteiger partial charge in [-0.2, -0.15) is 20.1 Å². The summed E-state index contributed by atoms with van der Waals surface area (Å²) in [5.74, 6) is 2.75. The zero-order valence-electron chi connectivity index (χ0n) is 18.5. The molecule has 1 aliphatic rings. The van der Waals surface area contributed by atoms with E-state index in [1.807, 2.05) is 66.7 Å². The van der Waals surface area contributed by atoms with E-state index in [-0.39, 0.29) is 0 Å². The van der Waals surface area contributed by atoms with Crippen molar-refractivity contribution in [2.24, 2.45) is 5.10 Å². The zero-order chi connectivity index (χ0) is 23.2. The number of furan rings is 1. The molecule has 3 heterocycles. The van der Waals surface area contributed by atoms with Gasteiger partial charge in [0.1, 0.15) is 11.5 Å². The molecule has 2 N–H and O–H groups in total. The van der Waals surface area contributed by atoms with E-state index >= 15 is 0 Å². The number of hydrazone groups is 1. The third-order valence-electron chi connectivity index (χ3n) is 5.38. The fourth-order valence-electron chi connectivity index (χ4n) is 3.73. The fourth-order valence-corrected chi connectivity index (χ4v) is 3.92. The molecule has 34 heavy (non-hydrogen) atoms. The number of anilines is 4. The van der Waals surface area contributed by atoms with Crippen LogP contribution in [0.4, 0.5) is 23.5 Å². The lowest BCUT2D eigenvalue weighted by molar-refractivity contribution is 0.568. The number of hydrogen-bond acceptors (Lipinski definition) is 8. The lowest BCUT2D eigenvalue weighted by atomic mass is 10.1. The van der Waals surface area contributed by atoms with Crippen molar-refractivity contribution in [1.82, 2.24) is 15.0 Å². The molecule has 0 amide bonds. The third kappa shape index (κ3) is 5.52. The lowest BCUT2D eigenvalue weighted by Crippen LogP contribution is -2.31. The van der Waals surface area contributed by atoms with Gasteiger partial charge >= 0.3 is 0 Å². The maximum atomic E-state index is 6.08. The molecule has 0 unspecified atom stereocenters. The van der Waals surface area contributed by atoms with Crippen molar-refractivity contribution in [3.05, 3.63) is 77.5 Å². The van der Waals surface area contributed by atoms with Crippen molar-refractivity contribution >= 4 is 41.3 Å². The second-order valence-electron chi connectivity index (χ2n) is 7.90. The summed E-state index contributed by atoms with van der Waals surface area (Å²) in [5.41, 5.74) is 4.72. The highest BCUT2D eigenvalue weighted by molar-refractivity contribution is 6.30. The van der Waals surface area contributed by atoms with Gasteiger partial charge in [-0.3, -0.25) is 0 Å². The Balaban J connectivity index is 1.34. The Labute approximate surface area is 202 Å². The molecular weight excluding hydrogens is 450 g/mol. The summed E-state index contributed by atoms with van der Waals surface area (Å²) in [7, 11) is 0. The second kappa shape index (κ2) is 10.4. The van der Waals surface area contributed by atoms with Crippen LogP contribution < -0.4 is 15.6 Å². The van der Waals surface area contributed by atoms with E-state index in [2.05, 4.69) is 35.7 Å². The highest BCUT2D eigenvalue weighted by atomic mass is 35.5. The highest BCUT2D eigenvalue weighted by Gasteiger charge is 2.16. The number of nitrogens with zero attached hydrogens (tertiary/aromatic N) is 5. The summed E-state index contributed by atoms with van der Waals surface area (Å²) in [6.45, 7) is 1.85. The number of aromatic nitrogens is 3. The molecule has 5 rings (SSSR count). The lowest BCUT2D eigenvalue weighted by Gasteiger charge is -2.26. The minimum absolute atomic E-state index is 0.354. The first-order chi connectivity index (χ1) is 16.7. The molecule has 0 radical (unpaired) electrons. The van der Waals surface area contributed by atoms with Crippen molar-refractivity contribution in [3.8, 4) is 11.3 Å². The average molecular weight is 474 g/mol. The van der Waals surface area contributed by atoms with Gasteiger partial charge in [-0.1, -0.05) is 41.9 Å². The number of hydrogen-bond donors (Lipinski definition) is 2. The minimum atomic E-state index is 0.354. The van der Waals surface area contributed by atoms with Gasteiger partial charge in [-0.25, -0.2) is 5.43 Å².